The number of benzene rings is 1. The van der Waals surface area contributed by atoms with Crippen LogP contribution < -0.4 is 5.32 Å². The van der Waals surface area contributed by atoms with Crippen molar-refractivity contribution in [1.82, 2.24) is 10.2 Å². The molecule has 0 saturated carbocycles. The molecule has 0 aromatic heterocycles. The lowest BCUT2D eigenvalue weighted by molar-refractivity contribution is 0.0373. The lowest BCUT2D eigenvalue weighted by Gasteiger charge is -2.46. The third-order valence-electron chi connectivity index (χ3n) is 4.06. The van der Waals surface area contributed by atoms with Crippen LogP contribution in [0.5, 0.6) is 0 Å². The molecule has 1 unspecified atom stereocenters. The van der Waals surface area contributed by atoms with Crippen molar-refractivity contribution in [2.45, 2.75) is 45.7 Å². The zero-order valence-electron chi connectivity index (χ0n) is 13.3. The van der Waals surface area contributed by atoms with Crippen LogP contribution in [0, 0.1) is 11.7 Å². The second kappa shape index (κ2) is 6.14. The van der Waals surface area contributed by atoms with Gasteiger partial charge in [0.1, 0.15) is 5.82 Å². The average molecular weight is 292 g/mol. The van der Waals surface area contributed by atoms with E-state index in [4.69, 9.17) is 0 Å². The van der Waals surface area contributed by atoms with E-state index in [1.54, 1.807) is 18.2 Å². The number of amides is 1. The summed E-state index contributed by atoms with van der Waals surface area (Å²) in [5, 5.41) is 3.50. The van der Waals surface area contributed by atoms with E-state index in [0.717, 1.165) is 13.0 Å². The minimum absolute atomic E-state index is 0.163. The molecule has 0 bridgehead atoms. The van der Waals surface area contributed by atoms with Gasteiger partial charge in [0.15, 0.2) is 0 Å². The average Bonchev–Trinajstić information content (AvgIpc) is 2.40. The molecule has 1 atom stereocenters. The van der Waals surface area contributed by atoms with E-state index >= 15 is 0 Å². The highest BCUT2D eigenvalue weighted by molar-refractivity contribution is 5.95. The van der Waals surface area contributed by atoms with E-state index in [1.807, 2.05) is 18.7 Å². The maximum absolute atomic E-state index is 13.9. The number of carbonyl (C=O) groups excluding carboxylic acids is 1. The molecule has 1 aromatic carbocycles. The Bertz CT molecular complexity index is 513. The molecule has 4 heteroatoms. The molecule has 116 valence electrons. The molecule has 1 aliphatic rings. The number of hydrogen-bond acceptors (Lipinski definition) is 2. The molecule has 2 rings (SSSR count). The van der Waals surface area contributed by atoms with E-state index in [-0.39, 0.29) is 23.1 Å². The summed E-state index contributed by atoms with van der Waals surface area (Å²) in [5.74, 6) is -0.0975. The number of hydrogen-bond donors (Lipinski definition) is 1. The van der Waals surface area contributed by atoms with Gasteiger partial charge in [-0.3, -0.25) is 4.79 Å². The van der Waals surface area contributed by atoms with Gasteiger partial charge in [0.05, 0.1) is 11.1 Å². The minimum Gasteiger partial charge on any atom is -0.331 e. The molecule has 1 heterocycles. The van der Waals surface area contributed by atoms with Crippen LogP contribution in [0.4, 0.5) is 4.39 Å². The number of carbonyl (C=O) groups is 1. The van der Waals surface area contributed by atoms with Gasteiger partial charge in [-0.05, 0) is 38.3 Å². The normalized spacial score (nSPS) is 21.6. The molecule has 1 aromatic rings. The Labute approximate surface area is 126 Å². The third-order valence-corrected chi connectivity index (χ3v) is 4.06. The fraction of sp³-hybridized carbons (Fsp3) is 0.588. The summed E-state index contributed by atoms with van der Waals surface area (Å²) >= 11 is 0. The number of nitrogens with one attached hydrogen (secondary N) is 1. The summed E-state index contributed by atoms with van der Waals surface area (Å²) in [4.78, 5) is 14.5. The Morgan fingerprint density at radius 2 is 2.10 bits per heavy atom. The van der Waals surface area contributed by atoms with Crippen LogP contribution >= 0.6 is 0 Å². The molecule has 1 fully saturated rings. The van der Waals surface area contributed by atoms with Crippen LogP contribution in [-0.4, -0.2) is 35.5 Å². The third kappa shape index (κ3) is 3.62. The summed E-state index contributed by atoms with van der Waals surface area (Å²) in [6.45, 7) is 9.73. The van der Waals surface area contributed by atoms with Crippen molar-refractivity contribution in [2.24, 2.45) is 5.92 Å². The van der Waals surface area contributed by atoms with Gasteiger partial charge in [0.2, 0.25) is 0 Å². The highest BCUT2D eigenvalue weighted by atomic mass is 19.1. The maximum Gasteiger partial charge on any atom is 0.257 e. The number of nitrogens with zero attached hydrogens (tertiary/aromatic N) is 1. The van der Waals surface area contributed by atoms with E-state index < -0.39 is 5.82 Å². The quantitative estimate of drug-likeness (QED) is 0.928. The highest BCUT2D eigenvalue weighted by Gasteiger charge is 2.38. The maximum atomic E-state index is 13.9. The molecule has 0 aliphatic carbocycles. The number of rotatable bonds is 3. The van der Waals surface area contributed by atoms with Gasteiger partial charge in [-0.1, -0.05) is 26.0 Å². The van der Waals surface area contributed by atoms with Gasteiger partial charge in [0.25, 0.3) is 5.91 Å². The van der Waals surface area contributed by atoms with E-state index in [9.17, 15) is 9.18 Å². The van der Waals surface area contributed by atoms with Gasteiger partial charge in [-0.2, -0.15) is 0 Å². The topological polar surface area (TPSA) is 32.3 Å². The minimum atomic E-state index is -0.447. The Balaban J connectivity index is 2.22. The number of piperazine rings is 1. The second-order valence-electron chi connectivity index (χ2n) is 6.92. The molecule has 1 saturated heterocycles. The first-order chi connectivity index (χ1) is 9.81. The summed E-state index contributed by atoms with van der Waals surface area (Å²) in [7, 11) is 0. The fourth-order valence-corrected chi connectivity index (χ4v) is 2.89. The fourth-order valence-electron chi connectivity index (χ4n) is 2.89. The summed E-state index contributed by atoms with van der Waals surface area (Å²) in [6, 6.07) is 6.49. The first-order valence-corrected chi connectivity index (χ1v) is 7.61. The van der Waals surface area contributed by atoms with Crippen molar-refractivity contribution in [3.05, 3.63) is 35.6 Å². The number of halogens is 1. The molecule has 1 aliphatic heterocycles. The van der Waals surface area contributed by atoms with Crippen molar-refractivity contribution in [3.8, 4) is 0 Å². The summed E-state index contributed by atoms with van der Waals surface area (Å²) < 4.78 is 13.9. The molecule has 1 N–H and O–H groups in total. The molecule has 3 nitrogen and oxygen atoms in total. The van der Waals surface area contributed by atoms with Crippen LogP contribution in [0.3, 0.4) is 0 Å². The summed E-state index contributed by atoms with van der Waals surface area (Å²) in [5.41, 5.74) is -0.150. The van der Waals surface area contributed by atoms with Gasteiger partial charge in [0, 0.05) is 19.1 Å². The predicted octanol–water partition coefficient (Wildman–Crippen LogP) is 3.06. The smallest absolute Gasteiger partial charge is 0.257 e. The molecule has 0 spiro atoms. The van der Waals surface area contributed by atoms with E-state index in [2.05, 4.69) is 19.2 Å². The van der Waals surface area contributed by atoms with E-state index in [1.165, 1.54) is 6.07 Å². The lowest BCUT2D eigenvalue weighted by Crippen LogP contribution is -2.63. The van der Waals surface area contributed by atoms with Crippen LogP contribution in [0.1, 0.15) is 44.5 Å². The largest absolute Gasteiger partial charge is 0.331 e. The van der Waals surface area contributed by atoms with Crippen molar-refractivity contribution >= 4 is 5.91 Å². The molecule has 1 amide bonds. The van der Waals surface area contributed by atoms with Gasteiger partial charge in [-0.15, -0.1) is 0 Å². The summed E-state index contributed by atoms with van der Waals surface area (Å²) in [6.07, 6.45) is 1.01. The monoisotopic (exact) mass is 292 g/mol. The van der Waals surface area contributed by atoms with Crippen LogP contribution in [0.15, 0.2) is 24.3 Å². The molecule has 21 heavy (non-hydrogen) atoms. The standard InChI is InChI=1S/C17H25FN2O/c1-12(2)9-13-10-20(17(3,4)11-19-13)16(21)14-7-5-6-8-15(14)18/h5-8,12-13,19H,9-11H2,1-4H3. The van der Waals surface area contributed by atoms with Crippen LogP contribution in [-0.2, 0) is 0 Å². The Morgan fingerprint density at radius 3 is 2.71 bits per heavy atom. The van der Waals surface area contributed by atoms with Crippen LogP contribution in [0.2, 0.25) is 0 Å². The SMILES string of the molecule is CC(C)CC1CN(C(=O)c2ccccc2F)C(C)(C)CN1. The zero-order valence-corrected chi connectivity index (χ0v) is 13.3. The molecule has 0 radical (unpaired) electrons. The molecular weight excluding hydrogens is 267 g/mol. The van der Waals surface area contributed by atoms with E-state index in [0.29, 0.717) is 12.5 Å². The Hall–Kier alpha value is -1.42. The Morgan fingerprint density at radius 1 is 1.43 bits per heavy atom. The second-order valence-corrected chi connectivity index (χ2v) is 6.92. The first-order valence-electron chi connectivity index (χ1n) is 7.61. The zero-order chi connectivity index (χ0) is 15.6. The van der Waals surface area contributed by atoms with Gasteiger partial charge >= 0.3 is 0 Å². The highest BCUT2D eigenvalue weighted by Crippen LogP contribution is 2.24. The molecular formula is C17H25FN2O. The van der Waals surface area contributed by atoms with Crippen molar-refractivity contribution in [1.29, 1.82) is 0 Å². The van der Waals surface area contributed by atoms with Crippen molar-refractivity contribution in [2.75, 3.05) is 13.1 Å². The lowest BCUT2D eigenvalue weighted by atomic mass is 9.92. The van der Waals surface area contributed by atoms with Gasteiger partial charge in [-0.25, -0.2) is 4.39 Å². The van der Waals surface area contributed by atoms with Gasteiger partial charge < -0.3 is 10.2 Å². The van der Waals surface area contributed by atoms with Crippen molar-refractivity contribution < 1.29 is 9.18 Å². The first kappa shape index (κ1) is 16.0. The predicted molar refractivity (Wildman–Crippen MR) is 82.8 cm³/mol. The van der Waals surface area contributed by atoms with Crippen molar-refractivity contribution in [3.63, 3.8) is 0 Å². The van der Waals surface area contributed by atoms with Crippen LogP contribution in [0.25, 0.3) is 0 Å². The Kier molecular flexibility index (Phi) is 4.67.